The number of amides is 1. The van der Waals surface area contributed by atoms with Crippen LogP contribution < -0.4 is 5.32 Å². The van der Waals surface area contributed by atoms with Crippen LogP contribution in [-0.4, -0.2) is 15.8 Å². The number of aryl methyl sites for hydroxylation is 1. The van der Waals surface area contributed by atoms with Crippen molar-refractivity contribution in [3.8, 4) is 0 Å². The van der Waals surface area contributed by atoms with Crippen LogP contribution >= 0.6 is 12.2 Å². The Bertz CT molecular complexity index is 398. The molecule has 0 saturated heterocycles. The molecule has 0 fully saturated rings. The number of pyridine rings is 1. The van der Waals surface area contributed by atoms with Gasteiger partial charge in [0.05, 0.1) is 5.69 Å². The lowest BCUT2D eigenvalue weighted by molar-refractivity contribution is -0.114. The fourth-order valence-corrected chi connectivity index (χ4v) is 1.22. The van der Waals surface area contributed by atoms with Crippen molar-refractivity contribution in [1.82, 2.24) is 4.73 Å². The maximum Gasteiger partial charge on any atom is 0.221 e. The highest BCUT2D eigenvalue weighted by molar-refractivity contribution is 7.71. The monoisotopic (exact) mass is 198 g/mol. The first-order valence-corrected chi connectivity index (χ1v) is 4.12. The first-order chi connectivity index (χ1) is 6.02. The van der Waals surface area contributed by atoms with Gasteiger partial charge in [0.1, 0.15) is 0 Å². The van der Waals surface area contributed by atoms with Crippen molar-refractivity contribution in [1.29, 1.82) is 0 Å². The number of aromatic nitrogens is 1. The third kappa shape index (κ3) is 2.06. The van der Waals surface area contributed by atoms with E-state index in [0.29, 0.717) is 5.69 Å². The second-order valence-corrected chi connectivity index (χ2v) is 3.09. The van der Waals surface area contributed by atoms with E-state index in [-0.39, 0.29) is 10.5 Å². The molecule has 1 aromatic rings. The number of nitrogens with zero attached hydrogens (tertiary/aromatic N) is 1. The Kier molecular flexibility index (Phi) is 2.67. The van der Waals surface area contributed by atoms with Crippen LogP contribution in [0.4, 0.5) is 5.69 Å². The molecule has 0 atom stereocenters. The summed E-state index contributed by atoms with van der Waals surface area (Å²) < 4.78 is 1.00. The highest BCUT2D eigenvalue weighted by Crippen LogP contribution is 2.15. The van der Waals surface area contributed by atoms with Gasteiger partial charge in [-0.25, -0.2) is 0 Å². The van der Waals surface area contributed by atoms with Gasteiger partial charge in [-0.1, -0.05) is 12.2 Å². The number of hydrogen-bond donors (Lipinski definition) is 2. The molecule has 1 rings (SSSR count). The van der Waals surface area contributed by atoms with E-state index in [0.717, 1.165) is 10.3 Å². The molecule has 0 unspecified atom stereocenters. The van der Waals surface area contributed by atoms with E-state index in [1.54, 1.807) is 13.0 Å². The molecule has 0 aliphatic rings. The molecular weight excluding hydrogens is 188 g/mol. The highest BCUT2D eigenvalue weighted by atomic mass is 32.1. The minimum atomic E-state index is -0.208. The molecule has 0 aliphatic carbocycles. The van der Waals surface area contributed by atoms with Crippen LogP contribution in [0, 0.1) is 11.6 Å². The summed E-state index contributed by atoms with van der Waals surface area (Å²) in [7, 11) is 0. The molecule has 0 aromatic carbocycles. The van der Waals surface area contributed by atoms with E-state index in [2.05, 4.69) is 5.32 Å². The normalized spacial score (nSPS) is 9.69. The van der Waals surface area contributed by atoms with Crippen molar-refractivity contribution in [2.75, 3.05) is 5.32 Å². The fraction of sp³-hybridized carbons (Fsp3) is 0.250. The number of rotatable bonds is 1. The zero-order chi connectivity index (χ0) is 10.0. The van der Waals surface area contributed by atoms with Crippen LogP contribution in [0.2, 0.25) is 0 Å². The van der Waals surface area contributed by atoms with Gasteiger partial charge in [-0.15, -0.1) is 0 Å². The summed E-state index contributed by atoms with van der Waals surface area (Å²) in [6.45, 7) is 3.20. The van der Waals surface area contributed by atoms with Crippen molar-refractivity contribution in [3.63, 3.8) is 0 Å². The topological polar surface area (TPSA) is 54.3 Å². The van der Waals surface area contributed by atoms with Gasteiger partial charge in [0.2, 0.25) is 5.91 Å². The summed E-state index contributed by atoms with van der Waals surface area (Å²) in [6.07, 6.45) is 1.43. The first kappa shape index (κ1) is 9.73. The molecule has 0 aliphatic heterocycles. The van der Waals surface area contributed by atoms with Crippen molar-refractivity contribution in [2.24, 2.45) is 0 Å². The average molecular weight is 198 g/mol. The maximum absolute atomic E-state index is 10.8. The van der Waals surface area contributed by atoms with Gasteiger partial charge in [-0.05, 0) is 18.6 Å². The molecule has 1 amide bonds. The summed E-state index contributed by atoms with van der Waals surface area (Å²) in [5.41, 5.74) is 1.30. The van der Waals surface area contributed by atoms with Crippen LogP contribution in [0.5, 0.6) is 0 Å². The third-order valence-electron chi connectivity index (χ3n) is 1.58. The van der Waals surface area contributed by atoms with Crippen LogP contribution in [0.3, 0.4) is 0 Å². The Hall–Kier alpha value is -1.36. The minimum Gasteiger partial charge on any atom is -0.428 e. The molecule has 70 valence electrons. The lowest BCUT2D eigenvalue weighted by atomic mass is 10.2. The van der Waals surface area contributed by atoms with Crippen LogP contribution in [0.25, 0.3) is 0 Å². The van der Waals surface area contributed by atoms with E-state index in [4.69, 9.17) is 12.2 Å². The smallest absolute Gasteiger partial charge is 0.221 e. The summed E-state index contributed by atoms with van der Waals surface area (Å²) in [6, 6.07) is 1.67. The lowest BCUT2D eigenvalue weighted by Crippen LogP contribution is -2.10. The average Bonchev–Trinajstić information content (AvgIpc) is 2.05. The van der Waals surface area contributed by atoms with E-state index in [9.17, 15) is 10.0 Å². The summed E-state index contributed by atoms with van der Waals surface area (Å²) in [5.74, 6) is -0.208. The standard InChI is InChI=1S/C8H10N2O2S/c1-5-3-4-10(12)8(13)7(5)9-6(2)11/h3-4,12H,1-2H3,(H,9,11). The van der Waals surface area contributed by atoms with Crippen molar-refractivity contribution in [3.05, 3.63) is 22.5 Å². The summed E-state index contributed by atoms with van der Waals surface area (Å²) >= 11 is 4.90. The van der Waals surface area contributed by atoms with Gasteiger partial charge in [0, 0.05) is 13.1 Å². The fourth-order valence-electron chi connectivity index (χ4n) is 0.945. The van der Waals surface area contributed by atoms with Crippen LogP contribution in [0.1, 0.15) is 12.5 Å². The molecule has 5 heteroatoms. The maximum atomic E-state index is 10.8. The van der Waals surface area contributed by atoms with Crippen LogP contribution in [-0.2, 0) is 4.79 Å². The second-order valence-electron chi connectivity index (χ2n) is 2.70. The van der Waals surface area contributed by atoms with Crippen molar-refractivity contribution in [2.45, 2.75) is 13.8 Å². The number of carbonyl (C=O) groups is 1. The van der Waals surface area contributed by atoms with Gasteiger partial charge in [0.15, 0.2) is 4.64 Å². The van der Waals surface area contributed by atoms with Gasteiger partial charge < -0.3 is 10.5 Å². The Labute approximate surface area is 80.8 Å². The van der Waals surface area contributed by atoms with Gasteiger partial charge in [-0.3, -0.25) is 4.79 Å². The molecule has 0 saturated carbocycles. The highest BCUT2D eigenvalue weighted by Gasteiger charge is 2.04. The molecule has 2 N–H and O–H groups in total. The Morgan fingerprint density at radius 2 is 2.31 bits per heavy atom. The zero-order valence-electron chi connectivity index (χ0n) is 7.37. The van der Waals surface area contributed by atoms with E-state index >= 15 is 0 Å². The third-order valence-corrected chi connectivity index (χ3v) is 1.97. The van der Waals surface area contributed by atoms with Gasteiger partial charge >= 0.3 is 0 Å². The number of anilines is 1. The lowest BCUT2D eigenvalue weighted by Gasteiger charge is -2.07. The molecule has 1 heterocycles. The Morgan fingerprint density at radius 3 is 2.85 bits per heavy atom. The predicted octanol–water partition coefficient (Wildman–Crippen LogP) is 1.72. The first-order valence-electron chi connectivity index (χ1n) is 3.71. The summed E-state index contributed by atoms with van der Waals surface area (Å²) in [4.78, 5) is 10.8. The van der Waals surface area contributed by atoms with Gasteiger partial charge in [-0.2, -0.15) is 4.73 Å². The molecule has 0 radical (unpaired) electrons. The van der Waals surface area contributed by atoms with Gasteiger partial charge in [0.25, 0.3) is 0 Å². The van der Waals surface area contributed by atoms with Crippen LogP contribution in [0.15, 0.2) is 12.3 Å². The molecule has 1 aromatic heterocycles. The minimum absolute atomic E-state index is 0.204. The van der Waals surface area contributed by atoms with Crippen molar-refractivity contribution < 1.29 is 10.0 Å². The van der Waals surface area contributed by atoms with E-state index in [1.807, 2.05) is 0 Å². The quantitative estimate of drug-likeness (QED) is 0.533. The number of carbonyl (C=O) groups excluding carboxylic acids is 1. The SMILES string of the molecule is CC(=O)Nc1c(C)ccn(O)c1=S. The van der Waals surface area contributed by atoms with E-state index < -0.39 is 0 Å². The molecular formula is C8H10N2O2S. The van der Waals surface area contributed by atoms with E-state index in [1.165, 1.54) is 13.1 Å². The number of nitrogens with one attached hydrogen (secondary N) is 1. The second kappa shape index (κ2) is 3.57. The largest absolute Gasteiger partial charge is 0.428 e. The molecule has 13 heavy (non-hydrogen) atoms. The molecule has 0 spiro atoms. The molecule has 4 nitrogen and oxygen atoms in total. The zero-order valence-corrected chi connectivity index (χ0v) is 8.18. The molecule has 0 bridgehead atoms. The predicted molar refractivity (Wildman–Crippen MR) is 51.5 cm³/mol. The Balaban J connectivity index is 3.26. The Morgan fingerprint density at radius 1 is 1.69 bits per heavy atom. The van der Waals surface area contributed by atoms with Crippen molar-refractivity contribution >= 4 is 23.8 Å². The summed E-state index contributed by atoms with van der Waals surface area (Å²) in [5, 5.41) is 11.8. The number of hydrogen-bond acceptors (Lipinski definition) is 3.